The zero-order valence-corrected chi connectivity index (χ0v) is 12.7. The van der Waals surface area contributed by atoms with E-state index in [1.54, 1.807) is 0 Å². The summed E-state index contributed by atoms with van der Waals surface area (Å²) in [4.78, 5) is 0. The molecule has 1 aromatic carbocycles. The lowest BCUT2D eigenvalue weighted by Crippen LogP contribution is -2.34. The molecule has 1 aromatic heterocycles. The minimum atomic E-state index is 0.678. The largest absolute Gasteiger partial charge is 0.345 e. The number of nitriles is 1. The average molecular weight is 281 g/mol. The third-order valence-electron chi connectivity index (χ3n) is 4.60. The first kappa shape index (κ1) is 14.2. The van der Waals surface area contributed by atoms with Crippen molar-refractivity contribution in [2.75, 3.05) is 6.54 Å². The first-order chi connectivity index (χ1) is 10.3. The van der Waals surface area contributed by atoms with Gasteiger partial charge in [-0.1, -0.05) is 12.5 Å². The zero-order chi connectivity index (χ0) is 14.7. The highest BCUT2D eigenvalue weighted by atomic mass is 15.0. The molecule has 110 valence electrons. The summed E-state index contributed by atoms with van der Waals surface area (Å²) in [6.07, 6.45) is 6.32. The van der Waals surface area contributed by atoms with Crippen molar-refractivity contribution in [2.24, 2.45) is 0 Å². The summed E-state index contributed by atoms with van der Waals surface area (Å²) in [7, 11) is 0. The van der Waals surface area contributed by atoms with Crippen LogP contribution in [0.1, 0.15) is 43.9 Å². The van der Waals surface area contributed by atoms with Gasteiger partial charge in [-0.05, 0) is 62.7 Å². The SMILES string of the molecule is CCn1c(CC[C@@H]2CCCCN2)cc2ccc(C#N)cc21. The zero-order valence-electron chi connectivity index (χ0n) is 12.7. The number of piperidine rings is 1. The first-order valence-electron chi connectivity index (χ1n) is 8.07. The Balaban J connectivity index is 1.82. The van der Waals surface area contributed by atoms with Gasteiger partial charge < -0.3 is 9.88 Å². The Kier molecular flexibility index (Phi) is 4.26. The standard InChI is InChI=1S/C18H23N3/c1-2-21-17(9-8-16-5-3-4-10-20-16)12-15-7-6-14(13-19)11-18(15)21/h6-7,11-12,16,20H,2-5,8-10H2,1H3/t16-/m0/s1. The normalized spacial score (nSPS) is 18.8. The highest BCUT2D eigenvalue weighted by Crippen LogP contribution is 2.23. The molecule has 0 spiro atoms. The van der Waals surface area contributed by atoms with Crippen LogP contribution in [0.25, 0.3) is 10.9 Å². The van der Waals surface area contributed by atoms with Gasteiger partial charge >= 0.3 is 0 Å². The molecule has 0 radical (unpaired) electrons. The fraction of sp³-hybridized carbons (Fsp3) is 0.500. The summed E-state index contributed by atoms with van der Waals surface area (Å²) in [5.41, 5.74) is 3.34. The van der Waals surface area contributed by atoms with E-state index < -0.39 is 0 Å². The maximum absolute atomic E-state index is 9.07. The summed E-state index contributed by atoms with van der Waals surface area (Å²) in [6, 6.07) is 11.2. The van der Waals surface area contributed by atoms with Crippen LogP contribution in [0.4, 0.5) is 0 Å². The van der Waals surface area contributed by atoms with Gasteiger partial charge in [-0.2, -0.15) is 5.26 Å². The van der Waals surface area contributed by atoms with Gasteiger partial charge in [0.1, 0.15) is 0 Å². The van der Waals surface area contributed by atoms with Gasteiger partial charge in [-0.15, -0.1) is 0 Å². The maximum atomic E-state index is 9.07. The van der Waals surface area contributed by atoms with Crippen LogP contribution in [0.2, 0.25) is 0 Å². The molecule has 21 heavy (non-hydrogen) atoms. The van der Waals surface area contributed by atoms with Crippen LogP contribution in [0.15, 0.2) is 24.3 Å². The molecule has 1 fully saturated rings. The summed E-state index contributed by atoms with van der Waals surface area (Å²) in [6.45, 7) is 4.32. The van der Waals surface area contributed by atoms with Crippen molar-refractivity contribution >= 4 is 10.9 Å². The maximum Gasteiger partial charge on any atom is 0.0992 e. The molecule has 1 atom stereocenters. The van der Waals surface area contributed by atoms with Gasteiger partial charge in [0.25, 0.3) is 0 Å². The Labute approximate surface area is 126 Å². The van der Waals surface area contributed by atoms with Gasteiger partial charge in [0.15, 0.2) is 0 Å². The van der Waals surface area contributed by atoms with E-state index in [0.29, 0.717) is 6.04 Å². The number of rotatable bonds is 4. The molecule has 0 saturated carbocycles. The topological polar surface area (TPSA) is 40.8 Å². The quantitative estimate of drug-likeness (QED) is 0.930. The van der Waals surface area contributed by atoms with Crippen LogP contribution in [-0.4, -0.2) is 17.2 Å². The molecule has 0 unspecified atom stereocenters. The molecule has 1 aliphatic rings. The van der Waals surface area contributed by atoms with Crippen LogP contribution in [0, 0.1) is 11.3 Å². The molecule has 3 heteroatoms. The van der Waals surface area contributed by atoms with Crippen molar-refractivity contribution < 1.29 is 0 Å². The Hall–Kier alpha value is -1.79. The molecule has 2 heterocycles. The predicted molar refractivity (Wildman–Crippen MR) is 86.3 cm³/mol. The van der Waals surface area contributed by atoms with Crippen molar-refractivity contribution in [3.63, 3.8) is 0 Å². The Bertz CT molecular complexity index is 657. The molecular formula is C18H23N3. The van der Waals surface area contributed by atoms with Crippen LogP contribution in [0.5, 0.6) is 0 Å². The van der Waals surface area contributed by atoms with Crippen molar-refractivity contribution in [2.45, 2.75) is 51.6 Å². The number of hydrogen-bond acceptors (Lipinski definition) is 2. The van der Waals surface area contributed by atoms with E-state index in [1.807, 2.05) is 12.1 Å². The number of fused-ring (bicyclic) bond motifs is 1. The molecular weight excluding hydrogens is 258 g/mol. The summed E-state index contributed by atoms with van der Waals surface area (Å²) in [5, 5.41) is 14.0. The van der Waals surface area contributed by atoms with Crippen LogP contribution < -0.4 is 5.32 Å². The smallest absolute Gasteiger partial charge is 0.0992 e. The van der Waals surface area contributed by atoms with E-state index in [4.69, 9.17) is 5.26 Å². The van der Waals surface area contributed by atoms with Crippen LogP contribution in [-0.2, 0) is 13.0 Å². The molecule has 1 N–H and O–H groups in total. The number of aryl methyl sites for hydroxylation is 2. The van der Waals surface area contributed by atoms with E-state index >= 15 is 0 Å². The first-order valence-corrected chi connectivity index (χ1v) is 8.07. The summed E-state index contributed by atoms with van der Waals surface area (Å²) < 4.78 is 2.36. The highest BCUT2D eigenvalue weighted by molar-refractivity contribution is 5.82. The van der Waals surface area contributed by atoms with E-state index in [0.717, 1.165) is 18.5 Å². The number of aromatic nitrogens is 1. The molecule has 1 saturated heterocycles. The molecule has 3 nitrogen and oxygen atoms in total. The van der Waals surface area contributed by atoms with E-state index in [2.05, 4.69) is 35.0 Å². The van der Waals surface area contributed by atoms with Crippen molar-refractivity contribution in [3.05, 3.63) is 35.5 Å². The summed E-state index contributed by atoms with van der Waals surface area (Å²) in [5.74, 6) is 0. The number of hydrogen-bond donors (Lipinski definition) is 1. The fourth-order valence-electron chi connectivity index (χ4n) is 3.45. The summed E-state index contributed by atoms with van der Waals surface area (Å²) >= 11 is 0. The molecule has 2 aromatic rings. The van der Waals surface area contributed by atoms with Crippen molar-refractivity contribution in [3.8, 4) is 6.07 Å². The number of benzene rings is 1. The second-order valence-corrected chi connectivity index (χ2v) is 5.95. The minimum absolute atomic E-state index is 0.678. The lowest BCUT2D eigenvalue weighted by Gasteiger charge is -2.23. The monoisotopic (exact) mass is 281 g/mol. The Morgan fingerprint density at radius 1 is 1.33 bits per heavy atom. The predicted octanol–water partition coefficient (Wildman–Crippen LogP) is 3.61. The second kappa shape index (κ2) is 6.32. The van der Waals surface area contributed by atoms with Crippen molar-refractivity contribution in [1.29, 1.82) is 5.26 Å². The van der Waals surface area contributed by atoms with E-state index in [1.165, 1.54) is 48.8 Å². The van der Waals surface area contributed by atoms with Crippen molar-refractivity contribution in [1.82, 2.24) is 9.88 Å². The third-order valence-corrected chi connectivity index (χ3v) is 4.60. The molecule has 3 rings (SSSR count). The van der Waals surface area contributed by atoms with Gasteiger partial charge in [0, 0.05) is 23.8 Å². The fourth-order valence-corrected chi connectivity index (χ4v) is 3.45. The average Bonchev–Trinajstić information content (AvgIpc) is 2.90. The highest BCUT2D eigenvalue weighted by Gasteiger charge is 2.14. The van der Waals surface area contributed by atoms with E-state index in [9.17, 15) is 0 Å². The van der Waals surface area contributed by atoms with Crippen LogP contribution in [0.3, 0.4) is 0 Å². The van der Waals surface area contributed by atoms with E-state index in [-0.39, 0.29) is 0 Å². The Morgan fingerprint density at radius 3 is 2.95 bits per heavy atom. The number of nitrogens with one attached hydrogen (secondary N) is 1. The van der Waals surface area contributed by atoms with Gasteiger partial charge in [-0.3, -0.25) is 0 Å². The second-order valence-electron chi connectivity index (χ2n) is 5.95. The van der Waals surface area contributed by atoms with Gasteiger partial charge in [-0.25, -0.2) is 0 Å². The van der Waals surface area contributed by atoms with Crippen LogP contribution >= 0.6 is 0 Å². The Morgan fingerprint density at radius 2 is 2.24 bits per heavy atom. The van der Waals surface area contributed by atoms with Gasteiger partial charge in [0.2, 0.25) is 0 Å². The molecule has 0 amide bonds. The third kappa shape index (κ3) is 2.96. The molecule has 0 aliphatic carbocycles. The minimum Gasteiger partial charge on any atom is -0.345 e. The lowest BCUT2D eigenvalue weighted by molar-refractivity contribution is 0.380. The molecule has 0 bridgehead atoms. The molecule has 1 aliphatic heterocycles. The number of nitrogens with zero attached hydrogens (tertiary/aromatic N) is 2. The van der Waals surface area contributed by atoms with Gasteiger partial charge in [0.05, 0.1) is 11.6 Å². The lowest BCUT2D eigenvalue weighted by atomic mass is 10.00.